The van der Waals surface area contributed by atoms with Gasteiger partial charge in [-0.25, -0.2) is 8.42 Å². The van der Waals surface area contributed by atoms with E-state index in [-0.39, 0.29) is 12.4 Å². The molecular formula is C14H22O4S. The van der Waals surface area contributed by atoms with Crippen LogP contribution in [0.5, 0.6) is 11.5 Å². The van der Waals surface area contributed by atoms with Gasteiger partial charge in [-0.1, -0.05) is 19.9 Å². The largest absolute Gasteiger partial charge is 0.493 e. The van der Waals surface area contributed by atoms with Gasteiger partial charge in [-0.15, -0.1) is 0 Å². The van der Waals surface area contributed by atoms with Crippen LogP contribution < -0.4 is 9.47 Å². The highest BCUT2D eigenvalue weighted by molar-refractivity contribution is 7.90. The van der Waals surface area contributed by atoms with Gasteiger partial charge in [-0.05, 0) is 30.0 Å². The van der Waals surface area contributed by atoms with Crippen LogP contribution in [0.25, 0.3) is 0 Å². The number of methoxy groups -OCH3 is 1. The summed E-state index contributed by atoms with van der Waals surface area (Å²) in [4.78, 5) is 0. The lowest BCUT2D eigenvalue weighted by atomic mass is 9.98. The quantitative estimate of drug-likeness (QED) is 0.773. The third kappa shape index (κ3) is 5.11. The van der Waals surface area contributed by atoms with E-state index in [2.05, 4.69) is 13.8 Å². The first-order valence-electron chi connectivity index (χ1n) is 6.35. The predicted octanol–water partition coefficient (Wildman–Crippen LogP) is 2.63. The maximum atomic E-state index is 11.0. The molecule has 0 N–H and O–H groups in total. The summed E-state index contributed by atoms with van der Waals surface area (Å²) in [5.74, 6) is 1.69. The van der Waals surface area contributed by atoms with Crippen LogP contribution in [0.4, 0.5) is 0 Å². The standard InChI is InChI=1S/C14H22O4S/c1-5-11(2)12-6-7-13(14(10-12)17-3)18-8-9-19(4,15)16/h6-7,10-11H,5,8-9H2,1-4H3. The molecule has 5 heteroatoms. The van der Waals surface area contributed by atoms with Crippen molar-refractivity contribution in [3.8, 4) is 11.5 Å². The third-order valence-electron chi connectivity index (χ3n) is 3.08. The van der Waals surface area contributed by atoms with Crippen LogP contribution >= 0.6 is 0 Å². The Bertz CT molecular complexity index is 508. The molecule has 0 amide bonds. The van der Waals surface area contributed by atoms with Crippen molar-refractivity contribution in [2.24, 2.45) is 0 Å². The lowest BCUT2D eigenvalue weighted by Crippen LogP contribution is -2.12. The maximum Gasteiger partial charge on any atom is 0.161 e. The van der Waals surface area contributed by atoms with Gasteiger partial charge < -0.3 is 9.47 Å². The first kappa shape index (κ1) is 15.8. The summed E-state index contributed by atoms with van der Waals surface area (Å²) in [5, 5.41) is 0. The molecule has 1 unspecified atom stereocenters. The van der Waals surface area contributed by atoms with Gasteiger partial charge >= 0.3 is 0 Å². The Morgan fingerprint density at radius 3 is 2.47 bits per heavy atom. The number of hydrogen-bond acceptors (Lipinski definition) is 4. The normalized spacial score (nSPS) is 13.1. The molecule has 0 saturated heterocycles. The summed E-state index contributed by atoms with van der Waals surface area (Å²) in [7, 11) is -1.42. The van der Waals surface area contributed by atoms with Crippen LogP contribution in [-0.4, -0.2) is 34.1 Å². The number of benzene rings is 1. The zero-order chi connectivity index (χ0) is 14.5. The smallest absolute Gasteiger partial charge is 0.161 e. The van der Waals surface area contributed by atoms with E-state index in [9.17, 15) is 8.42 Å². The van der Waals surface area contributed by atoms with E-state index in [1.807, 2.05) is 18.2 Å². The van der Waals surface area contributed by atoms with Crippen LogP contribution in [-0.2, 0) is 9.84 Å². The summed E-state index contributed by atoms with van der Waals surface area (Å²) >= 11 is 0. The molecule has 108 valence electrons. The van der Waals surface area contributed by atoms with Crippen molar-refractivity contribution in [3.05, 3.63) is 23.8 Å². The van der Waals surface area contributed by atoms with Crippen molar-refractivity contribution >= 4 is 9.84 Å². The molecule has 0 fully saturated rings. The van der Waals surface area contributed by atoms with Gasteiger partial charge in [0.25, 0.3) is 0 Å². The molecule has 0 aliphatic heterocycles. The van der Waals surface area contributed by atoms with E-state index in [0.717, 1.165) is 6.42 Å². The van der Waals surface area contributed by atoms with Crippen LogP contribution in [0.2, 0.25) is 0 Å². The molecular weight excluding hydrogens is 264 g/mol. The monoisotopic (exact) mass is 286 g/mol. The Morgan fingerprint density at radius 1 is 1.26 bits per heavy atom. The summed E-state index contributed by atoms with van der Waals surface area (Å²) in [6, 6.07) is 5.78. The van der Waals surface area contributed by atoms with Crippen molar-refractivity contribution in [3.63, 3.8) is 0 Å². The minimum Gasteiger partial charge on any atom is -0.493 e. The number of rotatable bonds is 7. The molecule has 1 aromatic rings. The topological polar surface area (TPSA) is 52.6 Å². The van der Waals surface area contributed by atoms with E-state index in [4.69, 9.17) is 9.47 Å². The first-order valence-corrected chi connectivity index (χ1v) is 8.42. The molecule has 4 nitrogen and oxygen atoms in total. The summed E-state index contributed by atoms with van der Waals surface area (Å²) in [5.41, 5.74) is 1.19. The van der Waals surface area contributed by atoms with Gasteiger partial charge in [-0.2, -0.15) is 0 Å². The molecule has 0 bridgehead atoms. The molecule has 1 rings (SSSR count). The van der Waals surface area contributed by atoms with Crippen LogP contribution in [0.1, 0.15) is 31.7 Å². The first-order chi connectivity index (χ1) is 8.87. The van der Waals surface area contributed by atoms with Gasteiger partial charge in [0.2, 0.25) is 0 Å². The van der Waals surface area contributed by atoms with Crippen molar-refractivity contribution in [2.45, 2.75) is 26.2 Å². The van der Waals surface area contributed by atoms with Crippen LogP contribution in [0, 0.1) is 0 Å². The van der Waals surface area contributed by atoms with Gasteiger partial charge in [0.1, 0.15) is 6.61 Å². The zero-order valence-corrected chi connectivity index (χ0v) is 12.8. The Morgan fingerprint density at radius 2 is 1.95 bits per heavy atom. The van der Waals surface area contributed by atoms with Crippen LogP contribution in [0.15, 0.2) is 18.2 Å². The average Bonchev–Trinajstić information content (AvgIpc) is 2.36. The van der Waals surface area contributed by atoms with E-state index < -0.39 is 9.84 Å². The second kappa shape index (κ2) is 6.80. The zero-order valence-electron chi connectivity index (χ0n) is 12.0. The highest BCUT2D eigenvalue weighted by Crippen LogP contribution is 2.31. The SMILES string of the molecule is CCC(C)c1ccc(OCCS(C)(=O)=O)c(OC)c1. The number of sulfone groups is 1. The molecule has 0 saturated carbocycles. The fourth-order valence-corrected chi connectivity index (χ4v) is 2.03. The second-order valence-corrected chi connectivity index (χ2v) is 6.96. The fraction of sp³-hybridized carbons (Fsp3) is 0.571. The molecule has 1 aromatic carbocycles. The Labute approximate surface area is 115 Å². The lowest BCUT2D eigenvalue weighted by molar-refractivity contribution is 0.311. The van der Waals surface area contributed by atoms with Gasteiger partial charge in [-0.3, -0.25) is 0 Å². The molecule has 0 heterocycles. The maximum absolute atomic E-state index is 11.0. The lowest BCUT2D eigenvalue weighted by Gasteiger charge is -2.14. The second-order valence-electron chi connectivity index (χ2n) is 4.70. The Balaban J connectivity index is 2.79. The molecule has 0 aliphatic rings. The third-order valence-corrected chi connectivity index (χ3v) is 3.99. The Kier molecular flexibility index (Phi) is 5.66. The minimum atomic E-state index is -3.01. The molecule has 0 aromatic heterocycles. The number of hydrogen-bond donors (Lipinski definition) is 0. The number of ether oxygens (including phenoxy) is 2. The van der Waals surface area contributed by atoms with E-state index >= 15 is 0 Å². The van der Waals surface area contributed by atoms with Crippen molar-refractivity contribution < 1.29 is 17.9 Å². The van der Waals surface area contributed by atoms with Gasteiger partial charge in [0, 0.05) is 6.26 Å². The highest BCUT2D eigenvalue weighted by Gasteiger charge is 2.10. The van der Waals surface area contributed by atoms with Crippen molar-refractivity contribution in [2.75, 3.05) is 25.7 Å². The molecule has 19 heavy (non-hydrogen) atoms. The fourth-order valence-electron chi connectivity index (χ4n) is 1.65. The van der Waals surface area contributed by atoms with Crippen molar-refractivity contribution in [1.29, 1.82) is 0 Å². The van der Waals surface area contributed by atoms with E-state index in [0.29, 0.717) is 17.4 Å². The molecule has 0 aliphatic carbocycles. The summed E-state index contributed by atoms with van der Waals surface area (Å²) < 4.78 is 32.9. The molecule has 1 atom stereocenters. The molecule has 0 radical (unpaired) electrons. The van der Waals surface area contributed by atoms with Crippen molar-refractivity contribution in [1.82, 2.24) is 0 Å². The van der Waals surface area contributed by atoms with Crippen LogP contribution in [0.3, 0.4) is 0 Å². The Hall–Kier alpha value is -1.23. The average molecular weight is 286 g/mol. The summed E-state index contributed by atoms with van der Waals surface area (Å²) in [6.07, 6.45) is 2.25. The van der Waals surface area contributed by atoms with E-state index in [1.165, 1.54) is 11.8 Å². The highest BCUT2D eigenvalue weighted by atomic mass is 32.2. The van der Waals surface area contributed by atoms with E-state index in [1.54, 1.807) is 7.11 Å². The predicted molar refractivity (Wildman–Crippen MR) is 76.9 cm³/mol. The van der Waals surface area contributed by atoms with Gasteiger partial charge in [0.15, 0.2) is 21.3 Å². The van der Waals surface area contributed by atoms with Gasteiger partial charge in [0.05, 0.1) is 12.9 Å². The minimum absolute atomic E-state index is 0.00324. The molecule has 0 spiro atoms. The summed E-state index contributed by atoms with van der Waals surface area (Å²) in [6.45, 7) is 4.42.